The summed E-state index contributed by atoms with van der Waals surface area (Å²) in [6.07, 6.45) is 3.42. The fourth-order valence-corrected chi connectivity index (χ4v) is 5.11. The van der Waals surface area contributed by atoms with Crippen LogP contribution in [0, 0.1) is 0 Å². The van der Waals surface area contributed by atoms with Gasteiger partial charge in [-0.2, -0.15) is 0 Å². The van der Waals surface area contributed by atoms with Crippen LogP contribution in [0.4, 0.5) is 0 Å². The molecule has 0 radical (unpaired) electrons. The molecular formula is C27H23NO3. The first-order valence-electron chi connectivity index (χ1n) is 10.9. The molecule has 31 heavy (non-hydrogen) atoms. The maximum absolute atomic E-state index is 12.5. The molecule has 0 amide bonds. The first-order valence-corrected chi connectivity index (χ1v) is 10.9. The van der Waals surface area contributed by atoms with Gasteiger partial charge in [0.1, 0.15) is 18.1 Å². The average molecular weight is 409 g/mol. The SMILES string of the molecule is O=c1cc(-c2ccccc2)c2ccc3c(c2o1)CN([C@@H]1CCCc2ccccc21)CO3. The summed E-state index contributed by atoms with van der Waals surface area (Å²) in [5.41, 5.74) is 6.00. The minimum atomic E-state index is -0.333. The molecule has 2 aliphatic rings. The van der Waals surface area contributed by atoms with Crippen molar-refractivity contribution in [3.63, 3.8) is 0 Å². The predicted molar refractivity (Wildman–Crippen MR) is 121 cm³/mol. The summed E-state index contributed by atoms with van der Waals surface area (Å²) in [6.45, 7) is 1.24. The number of benzene rings is 3. The van der Waals surface area contributed by atoms with Crippen molar-refractivity contribution in [2.24, 2.45) is 0 Å². The lowest BCUT2D eigenvalue weighted by Gasteiger charge is -2.38. The largest absolute Gasteiger partial charge is 0.478 e. The van der Waals surface area contributed by atoms with Gasteiger partial charge < -0.3 is 9.15 Å². The molecule has 0 spiro atoms. The van der Waals surface area contributed by atoms with Crippen molar-refractivity contribution < 1.29 is 9.15 Å². The minimum Gasteiger partial charge on any atom is -0.478 e. The van der Waals surface area contributed by atoms with Gasteiger partial charge in [0, 0.05) is 24.0 Å². The third-order valence-electron chi connectivity index (χ3n) is 6.58. The van der Waals surface area contributed by atoms with Crippen LogP contribution in [0.3, 0.4) is 0 Å². The van der Waals surface area contributed by atoms with Crippen molar-refractivity contribution in [1.29, 1.82) is 0 Å². The number of ether oxygens (including phenoxy) is 1. The Morgan fingerprint density at radius 1 is 0.935 bits per heavy atom. The smallest absolute Gasteiger partial charge is 0.336 e. The molecule has 4 nitrogen and oxygen atoms in total. The van der Waals surface area contributed by atoms with Gasteiger partial charge in [-0.25, -0.2) is 4.79 Å². The van der Waals surface area contributed by atoms with Gasteiger partial charge in [-0.05, 0) is 53.6 Å². The Labute approximate surface area is 180 Å². The molecule has 0 fully saturated rings. The van der Waals surface area contributed by atoms with Crippen molar-refractivity contribution in [1.82, 2.24) is 4.90 Å². The van der Waals surface area contributed by atoms with E-state index in [0.717, 1.165) is 40.7 Å². The van der Waals surface area contributed by atoms with Gasteiger partial charge in [-0.3, -0.25) is 4.90 Å². The Kier molecular flexibility index (Phi) is 4.39. The number of hydrogen-bond donors (Lipinski definition) is 0. The molecule has 0 N–H and O–H groups in total. The van der Waals surface area contributed by atoms with Crippen LogP contribution >= 0.6 is 0 Å². The van der Waals surface area contributed by atoms with E-state index in [4.69, 9.17) is 9.15 Å². The molecule has 2 heterocycles. The van der Waals surface area contributed by atoms with Crippen LogP contribution in [0.25, 0.3) is 22.1 Å². The molecule has 0 unspecified atom stereocenters. The van der Waals surface area contributed by atoms with Crippen LogP contribution in [-0.4, -0.2) is 11.6 Å². The first-order chi connectivity index (χ1) is 15.3. The minimum absolute atomic E-state index is 0.317. The van der Waals surface area contributed by atoms with Gasteiger partial charge in [0.15, 0.2) is 0 Å². The highest BCUT2D eigenvalue weighted by Crippen LogP contribution is 2.41. The molecule has 1 atom stereocenters. The quantitative estimate of drug-likeness (QED) is 0.399. The van der Waals surface area contributed by atoms with Crippen LogP contribution in [0.15, 0.2) is 82.0 Å². The van der Waals surface area contributed by atoms with E-state index in [2.05, 4.69) is 29.2 Å². The highest BCUT2D eigenvalue weighted by Gasteiger charge is 2.31. The molecule has 0 saturated carbocycles. The fraction of sp³-hybridized carbons (Fsp3) is 0.222. The highest BCUT2D eigenvalue weighted by molar-refractivity contribution is 5.95. The predicted octanol–water partition coefficient (Wildman–Crippen LogP) is 5.69. The maximum Gasteiger partial charge on any atom is 0.336 e. The Balaban J connectivity index is 1.46. The Bertz CT molecular complexity index is 1330. The second kappa shape index (κ2) is 7.40. The van der Waals surface area contributed by atoms with Crippen molar-refractivity contribution in [3.8, 4) is 16.9 Å². The highest BCUT2D eigenvalue weighted by atomic mass is 16.5. The molecule has 6 rings (SSSR count). The Morgan fingerprint density at radius 3 is 2.68 bits per heavy atom. The molecule has 0 saturated heterocycles. The summed E-state index contributed by atoms with van der Waals surface area (Å²) in [4.78, 5) is 14.9. The topological polar surface area (TPSA) is 42.7 Å². The second-order valence-electron chi connectivity index (χ2n) is 8.39. The molecule has 1 aliphatic heterocycles. The number of nitrogens with zero attached hydrogens (tertiary/aromatic N) is 1. The average Bonchev–Trinajstić information content (AvgIpc) is 2.83. The van der Waals surface area contributed by atoms with Gasteiger partial charge in [0.2, 0.25) is 0 Å². The third kappa shape index (κ3) is 3.15. The molecule has 4 aromatic rings. The van der Waals surface area contributed by atoms with Gasteiger partial charge in [-0.15, -0.1) is 0 Å². The van der Waals surface area contributed by atoms with E-state index in [0.29, 0.717) is 24.9 Å². The lowest BCUT2D eigenvalue weighted by atomic mass is 9.86. The summed E-state index contributed by atoms with van der Waals surface area (Å²) in [5.74, 6) is 0.807. The Morgan fingerprint density at radius 2 is 1.77 bits per heavy atom. The normalized spacial score (nSPS) is 18.3. The van der Waals surface area contributed by atoms with E-state index in [1.165, 1.54) is 17.5 Å². The summed E-state index contributed by atoms with van der Waals surface area (Å²) < 4.78 is 11.9. The van der Waals surface area contributed by atoms with Crippen molar-refractivity contribution in [2.75, 3.05) is 6.73 Å². The van der Waals surface area contributed by atoms with E-state index in [-0.39, 0.29) is 5.63 Å². The van der Waals surface area contributed by atoms with Gasteiger partial charge in [-0.1, -0.05) is 54.6 Å². The van der Waals surface area contributed by atoms with Crippen LogP contribution in [0.5, 0.6) is 5.75 Å². The monoisotopic (exact) mass is 409 g/mol. The standard InChI is InChI=1S/C27H23NO3/c29-26-15-22(19-7-2-1-3-8-19)21-13-14-25-23(27(21)31-26)16-28(17-30-25)24-12-6-10-18-9-4-5-11-20(18)24/h1-5,7-9,11,13-15,24H,6,10,12,16-17H2/t24-/m1/s1. The summed E-state index contributed by atoms with van der Waals surface area (Å²) in [5, 5.41) is 0.944. The number of rotatable bonds is 2. The third-order valence-corrected chi connectivity index (χ3v) is 6.58. The van der Waals surface area contributed by atoms with Crippen molar-refractivity contribution in [2.45, 2.75) is 31.8 Å². The second-order valence-corrected chi connectivity index (χ2v) is 8.39. The first kappa shape index (κ1) is 18.4. The molecule has 1 aliphatic carbocycles. The summed E-state index contributed by atoms with van der Waals surface area (Å²) >= 11 is 0. The van der Waals surface area contributed by atoms with Crippen LogP contribution in [0.1, 0.15) is 35.6 Å². The van der Waals surface area contributed by atoms with Crippen LogP contribution in [0.2, 0.25) is 0 Å². The molecular weight excluding hydrogens is 386 g/mol. The van der Waals surface area contributed by atoms with Gasteiger partial charge in [0.05, 0.1) is 5.56 Å². The number of fused-ring (bicyclic) bond motifs is 4. The summed E-state index contributed by atoms with van der Waals surface area (Å²) in [6, 6.07) is 24.6. The molecule has 4 heteroatoms. The number of aryl methyl sites for hydroxylation is 1. The molecule has 3 aromatic carbocycles. The Hall–Kier alpha value is -3.37. The van der Waals surface area contributed by atoms with E-state index < -0.39 is 0 Å². The maximum atomic E-state index is 12.5. The van der Waals surface area contributed by atoms with E-state index in [9.17, 15) is 4.79 Å². The van der Waals surface area contributed by atoms with Crippen LogP contribution < -0.4 is 10.4 Å². The zero-order chi connectivity index (χ0) is 20.8. The number of hydrogen-bond acceptors (Lipinski definition) is 4. The molecule has 1 aromatic heterocycles. The lowest BCUT2D eigenvalue weighted by molar-refractivity contribution is 0.0482. The molecule has 154 valence electrons. The molecule has 0 bridgehead atoms. The van der Waals surface area contributed by atoms with Crippen molar-refractivity contribution >= 4 is 11.0 Å². The van der Waals surface area contributed by atoms with Gasteiger partial charge >= 0.3 is 5.63 Å². The van der Waals surface area contributed by atoms with Gasteiger partial charge in [0.25, 0.3) is 0 Å². The van der Waals surface area contributed by atoms with Crippen molar-refractivity contribution in [3.05, 3.63) is 99.9 Å². The summed E-state index contributed by atoms with van der Waals surface area (Å²) in [7, 11) is 0. The fourth-order valence-electron chi connectivity index (χ4n) is 5.11. The van der Waals surface area contributed by atoms with E-state index in [1.807, 2.05) is 42.5 Å². The van der Waals surface area contributed by atoms with Crippen LogP contribution in [-0.2, 0) is 13.0 Å². The lowest BCUT2D eigenvalue weighted by Crippen LogP contribution is -2.37. The van der Waals surface area contributed by atoms with E-state index >= 15 is 0 Å². The zero-order valence-electron chi connectivity index (χ0n) is 17.2. The van der Waals surface area contributed by atoms with E-state index in [1.54, 1.807) is 6.07 Å². The zero-order valence-corrected chi connectivity index (χ0v) is 17.2.